The average Bonchev–Trinajstić information content (AvgIpc) is 3.44. The number of morpholine rings is 1. The van der Waals surface area contributed by atoms with E-state index >= 15 is 0 Å². The number of benzene rings is 1. The monoisotopic (exact) mass is 464 g/mol. The topological polar surface area (TPSA) is 94.0 Å². The van der Waals surface area contributed by atoms with Crippen LogP contribution < -0.4 is 0 Å². The number of fused-ring (bicyclic) bond motifs is 1. The van der Waals surface area contributed by atoms with E-state index < -0.39 is 10.0 Å². The molecular formula is C22H32N4O5S. The number of rotatable bonds is 8. The second kappa shape index (κ2) is 9.86. The van der Waals surface area contributed by atoms with Crippen molar-refractivity contribution in [3.63, 3.8) is 0 Å². The summed E-state index contributed by atoms with van der Waals surface area (Å²) in [6.07, 6.45) is 1.88. The lowest BCUT2D eigenvalue weighted by Gasteiger charge is -2.26. The van der Waals surface area contributed by atoms with Gasteiger partial charge >= 0.3 is 0 Å². The average molecular weight is 465 g/mol. The van der Waals surface area contributed by atoms with Crippen molar-refractivity contribution < 1.29 is 22.7 Å². The van der Waals surface area contributed by atoms with Crippen molar-refractivity contribution in [2.75, 3.05) is 52.6 Å². The predicted octanol–water partition coefficient (Wildman–Crippen LogP) is 1.41. The van der Waals surface area contributed by atoms with Gasteiger partial charge in [-0.25, -0.2) is 13.4 Å². The van der Waals surface area contributed by atoms with Crippen LogP contribution in [0.3, 0.4) is 0 Å². The number of carbonyl (C=O) groups excluding carboxylic acids is 1. The molecule has 1 aromatic carbocycles. The highest BCUT2D eigenvalue weighted by Gasteiger charge is 2.27. The Balaban J connectivity index is 1.46. The third-order valence-electron chi connectivity index (χ3n) is 6.35. The lowest BCUT2D eigenvalue weighted by molar-refractivity contribution is -0.131. The molecule has 0 saturated carbocycles. The molecule has 1 aromatic heterocycles. The molecule has 1 amide bonds. The van der Waals surface area contributed by atoms with E-state index in [-0.39, 0.29) is 10.8 Å². The molecule has 1 unspecified atom stereocenters. The first-order valence-electron chi connectivity index (χ1n) is 11.3. The van der Waals surface area contributed by atoms with Gasteiger partial charge in [0.2, 0.25) is 15.9 Å². The van der Waals surface area contributed by atoms with Gasteiger partial charge in [-0.05, 0) is 31.5 Å². The number of aryl methyl sites for hydroxylation is 2. The Kier molecular flexibility index (Phi) is 7.14. The van der Waals surface area contributed by atoms with E-state index in [0.29, 0.717) is 57.1 Å². The van der Waals surface area contributed by atoms with Gasteiger partial charge in [-0.1, -0.05) is 0 Å². The van der Waals surface area contributed by atoms with Crippen LogP contribution in [-0.2, 0) is 37.8 Å². The van der Waals surface area contributed by atoms with Crippen LogP contribution in [0, 0.1) is 5.92 Å². The first-order chi connectivity index (χ1) is 15.4. The standard InChI is InChI=1S/C22H32N4O5S/c1-3-25(15-17-8-11-31-16-17)22(27)7-6-21-23-19-14-18(4-5-20(19)24(21)2)32(28,29)26-9-12-30-13-10-26/h4-5,14,17H,3,6-13,15-16H2,1-2H3. The van der Waals surface area contributed by atoms with Gasteiger partial charge < -0.3 is 18.9 Å². The molecule has 1 atom stereocenters. The molecule has 3 heterocycles. The van der Waals surface area contributed by atoms with Gasteiger partial charge in [0.1, 0.15) is 5.82 Å². The lowest BCUT2D eigenvalue weighted by atomic mass is 10.1. The molecule has 0 aliphatic carbocycles. The normalized spacial score (nSPS) is 20.1. The van der Waals surface area contributed by atoms with Crippen LogP contribution in [0.25, 0.3) is 11.0 Å². The van der Waals surface area contributed by atoms with E-state index in [1.807, 2.05) is 23.4 Å². The third kappa shape index (κ3) is 4.83. The summed E-state index contributed by atoms with van der Waals surface area (Å²) in [6, 6.07) is 5.05. The van der Waals surface area contributed by atoms with Crippen LogP contribution in [0.4, 0.5) is 0 Å². The van der Waals surface area contributed by atoms with E-state index in [9.17, 15) is 13.2 Å². The van der Waals surface area contributed by atoms with Gasteiger partial charge in [-0.15, -0.1) is 0 Å². The molecule has 2 fully saturated rings. The number of imidazole rings is 1. The Bertz CT molecular complexity index is 1060. The second-order valence-corrected chi connectivity index (χ2v) is 10.4. The fraction of sp³-hybridized carbons (Fsp3) is 0.636. The van der Waals surface area contributed by atoms with Crippen molar-refractivity contribution in [1.29, 1.82) is 0 Å². The SMILES string of the molecule is CCN(CC1CCOC1)C(=O)CCc1nc2cc(S(=O)(=O)N3CCOCC3)ccc2n1C. The number of sulfonamides is 1. The van der Waals surface area contributed by atoms with Crippen molar-refractivity contribution in [2.45, 2.75) is 31.1 Å². The predicted molar refractivity (Wildman–Crippen MR) is 120 cm³/mol. The van der Waals surface area contributed by atoms with Crippen molar-refractivity contribution >= 4 is 27.0 Å². The Labute approximate surface area is 189 Å². The van der Waals surface area contributed by atoms with Gasteiger partial charge in [0.25, 0.3) is 0 Å². The van der Waals surface area contributed by atoms with E-state index in [4.69, 9.17) is 9.47 Å². The number of aromatic nitrogens is 2. The molecule has 0 spiro atoms. The molecule has 9 nitrogen and oxygen atoms in total. The van der Waals surface area contributed by atoms with Gasteiger partial charge in [-0.3, -0.25) is 4.79 Å². The maximum atomic E-state index is 13.0. The molecule has 2 aromatic rings. The van der Waals surface area contributed by atoms with Crippen LogP contribution in [-0.4, -0.2) is 85.7 Å². The number of nitrogens with zero attached hydrogens (tertiary/aromatic N) is 4. The fourth-order valence-electron chi connectivity index (χ4n) is 4.37. The molecule has 0 radical (unpaired) electrons. The second-order valence-electron chi connectivity index (χ2n) is 8.42. The highest BCUT2D eigenvalue weighted by atomic mass is 32.2. The largest absolute Gasteiger partial charge is 0.381 e. The van der Waals surface area contributed by atoms with Crippen LogP contribution in [0.5, 0.6) is 0 Å². The van der Waals surface area contributed by atoms with Crippen molar-refractivity contribution in [1.82, 2.24) is 18.8 Å². The third-order valence-corrected chi connectivity index (χ3v) is 8.25. The maximum absolute atomic E-state index is 13.0. The molecule has 0 N–H and O–H groups in total. The Morgan fingerprint density at radius 2 is 2.00 bits per heavy atom. The van der Waals surface area contributed by atoms with E-state index in [2.05, 4.69) is 4.98 Å². The first kappa shape index (κ1) is 23.2. The summed E-state index contributed by atoms with van der Waals surface area (Å²) in [7, 11) is -1.67. The summed E-state index contributed by atoms with van der Waals surface area (Å²) >= 11 is 0. The molecule has 4 rings (SSSR count). The molecule has 176 valence electrons. The summed E-state index contributed by atoms with van der Waals surface area (Å²) in [5.74, 6) is 1.30. The summed E-state index contributed by atoms with van der Waals surface area (Å²) < 4.78 is 40.0. The van der Waals surface area contributed by atoms with Crippen molar-refractivity contribution in [2.24, 2.45) is 13.0 Å². The summed E-state index contributed by atoms with van der Waals surface area (Å²) in [4.78, 5) is 19.6. The van der Waals surface area contributed by atoms with Gasteiger partial charge in [0.05, 0.1) is 35.7 Å². The number of amides is 1. The first-order valence-corrected chi connectivity index (χ1v) is 12.7. The number of hydrogen-bond donors (Lipinski definition) is 0. The van der Waals surface area contributed by atoms with Crippen LogP contribution in [0.15, 0.2) is 23.1 Å². The Morgan fingerprint density at radius 1 is 1.22 bits per heavy atom. The summed E-state index contributed by atoms with van der Waals surface area (Å²) in [6.45, 7) is 6.45. The molecule has 10 heteroatoms. The fourth-order valence-corrected chi connectivity index (χ4v) is 5.80. The smallest absolute Gasteiger partial charge is 0.243 e. The zero-order valence-electron chi connectivity index (χ0n) is 18.8. The molecule has 0 bridgehead atoms. The zero-order valence-corrected chi connectivity index (χ0v) is 19.6. The Morgan fingerprint density at radius 3 is 2.69 bits per heavy atom. The summed E-state index contributed by atoms with van der Waals surface area (Å²) in [5, 5.41) is 0. The van der Waals surface area contributed by atoms with Crippen molar-refractivity contribution in [3.05, 3.63) is 24.0 Å². The quantitative estimate of drug-likeness (QED) is 0.586. The van der Waals surface area contributed by atoms with Gasteiger partial charge in [-0.2, -0.15) is 4.31 Å². The minimum absolute atomic E-state index is 0.113. The molecule has 32 heavy (non-hydrogen) atoms. The number of hydrogen-bond acceptors (Lipinski definition) is 6. The minimum Gasteiger partial charge on any atom is -0.381 e. The van der Waals surface area contributed by atoms with Gasteiger partial charge in [0.15, 0.2) is 0 Å². The molecule has 2 saturated heterocycles. The maximum Gasteiger partial charge on any atom is 0.243 e. The van der Waals surface area contributed by atoms with E-state index in [1.165, 1.54) is 4.31 Å². The van der Waals surface area contributed by atoms with Crippen LogP contribution in [0.2, 0.25) is 0 Å². The lowest BCUT2D eigenvalue weighted by Crippen LogP contribution is -2.40. The minimum atomic E-state index is -3.58. The molecular weight excluding hydrogens is 432 g/mol. The Hall–Kier alpha value is -2.01. The summed E-state index contributed by atoms with van der Waals surface area (Å²) in [5.41, 5.74) is 1.48. The number of ether oxygens (including phenoxy) is 2. The highest BCUT2D eigenvalue weighted by molar-refractivity contribution is 7.89. The zero-order chi connectivity index (χ0) is 22.7. The molecule has 2 aliphatic heterocycles. The number of carbonyl (C=O) groups is 1. The van der Waals surface area contributed by atoms with Crippen LogP contribution >= 0.6 is 0 Å². The van der Waals surface area contributed by atoms with Crippen LogP contribution in [0.1, 0.15) is 25.6 Å². The van der Waals surface area contributed by atoms with E-state index in [1.54, 1.807) is 18.2 Å². The highest BCUT2D eigenvalue weighted by Crippen LogP contribution is 2.23. The van der Waals surface area contributed by atoms with Crippen molar-refractivity contribution in [3.8, 4) is 0 Å². The van der Waals surface area contributed by atoms with E-state index in [0.717, 1.165) is 37.5 Å². The van der Waals surface area contributed by atoms with Gasteiger partial charge in [0, 0.05) is 58.6 Å². The molecule has 2 aliphatic rings.